The van der Waals surface area contributed by atoms with Crippen LogP contribution < -0.4 is 0 Å². The van der Waals surface area contributed by atoms with Gasteiger partial charge in [-0.1, -0.05) is 101 Å². The quantitative estimate of drug-likeness (QED) is 0.195. The van der Waals surface area contributed by atoms with Crippen LogP contribution in [0.15, 0.2) is 48.5 Å². The van der Waals surface area contributed by atoms with E-state index in [0.29, 0.717) is 5.92 Å². The summed E-state index contributed by atoms with van der Waals surface area (Å²) in [4.78, 5) is 0. The minimum Gasteiger partial charge on any atom is -0.204 e. The van der Waals surface area contributed by atoms with Gasteiger partial charge in [0, 0.05) is 11.1 Å². The van der Waals surface area contributed by atoms with Crippen molar-refractivity contribution >= 4 is 10.8 Å². The van der Waals surface area contributed by atoms with Gasteiger partial charge in [-0.05, 0) is 58.7 Å². The van der Waals surface area contributed by atoms with Crippen molar-refractivity contribution in [3.8, 4) is 11.8 Å². The molecule has 3 unspecified atom stereocenters. The number of rotatable bonds is 6. The molecule has 3 aromatic carbocycles. The molecular formula is C31H33F3. The van der Waals surface area contributed by atoms with Gasteiger partial charge < -0.3 is 0 Å². The van der Waals surface area contributed by atoms with Gasteiger partial charge in [0.05, 0.1) is 0 Å². The van der Waals surface area contributed by atoms with Crippen molar-refractivity contribution in [3.63, 3.8) is 0 Å². The van der Waals surface area contributed by atoms with Gasteiger partial charge in [0.2, 0.25) is 0 Å². The molecule has 1 aliphatic carbocycles. The molecule has 3 heteroatoms. The lowest BCUT2D eigenvalue weighted by molar-refractivity contribution is 0.192. The van der Waals surface area contributed by atoms with Gasteiger partial charge in [-0.3, -0.25) is 0 Å². The van der Waals surface area contributed by atoms with Crippen LogP contribution >= 0.6 is 0 Å². The van der Waals surface area contributed by atoms with Crippen LogP contribution in [0.1, 0.15) is 87.8 Å². The molecule has 0 saturated heterocycles. The van der Waals surface area contributed by atoms with Crippen molar-refractivity contribution in [3.05, 3.63) is 82.7 Å². The van der Waals surface area contributed by atoms with Gasteiger partial charge in [0.1, 0.15) is 0 Å². The molecule has 34 heavy (non-hydrogen) atoms. The van der Waals surface area contributed by atoms with Crippen LogP contribution in [0.4, 0.5) is 13.2 Å². The highest BCUT2D eigenvalue weighted by molar-refractivity contribution is 5.89. The average Bonchev–Trinajstić information content (AvgIpc) is 2.85. The third-order valence-corrected chi connectivity index (χ3v) is 7.54. The summed E-state index contributed by atoms with van der Waals surface area (Å²) < 4.78 is 40.3. The Morgan fingerprint density at radius 2 is 1.68 bits per heavy atom. The number of hydrogen-bond donors (Lipinski definition) is 0. The van der Waals surface area contributed by atoms with E-state index < -0.39 is 17.5 Å². The summed E-state index contributed by atoms with van der Waals surface area (Å²) in [6.07, 6.45) is 10.6. The van der Waals surface area contributed by atoms with Gasteiger partial charge >= 0.3 is 0 Å². The van der Waals surface area contributed by atoms with E-state index in [9.17, 15) is 13.2 Å². The van der Waals surface area contributed by atoms with Crippen molar-refractivity contribution in [1.29, 1.82) is 0 Å². The zero-order valence-corrected chi connectivity index (χ0v) is 20.1. The second kappa shape index (κ2) is 11.1. The molecule has 0 bridgehead atoms. The minimum absolute atomic E-state index is 0.116. The fraction of sp³-hybridized carbons (Fsp3) is 0.419. The van der Waals surface area contributed by atoms with Gasteiger partial charge in [-0.25, -0.2) is 13.2 Å². The smallest absolute Gasteiger partial charge is 0.194 e. The Balaban J connectivity index is 1.58. The maximum atomic E-state index is 13.5. The van der Waals surface area contributed by atoms with Crippen LogP contribution in [0.5, 0.6) is 0 Å². The zero-order valence-electron chi connectivity index (χ0n) is 20.1. The van der Waals surface area contributed by atoms with Crippen LogP contribution in [0, 0.1) is 41.1 Å². The Hall–Kier alpha value is -2.73. The number of hydrogen-bond acceptors (Lipinski definition) is 0. The fourth-order valence-corrected chi connectivity index (χ4v) is 5.62. The molecule has 3 atom stereocenters. The molecule has 0 nitrogen and oxygen atoms in total. The first-order valence-electron chi connectivity index (χ1n) is 12.7. The first-order valence-corrected chi connectivity index (χ1v) is 12.7. The van der Waals surface area contributed by atoms with Gasteiger partial charge in [-0.15, -0.1) is 0 Å². The molecule has 0 spiro atoms. The molecule has 1 fully saturated rings. The van der Waals surface area contributed by atoms with E-state index >= 15 is 0 Å². The Bertz CT molecular complexity index is 1180. The third-order valence-electron chi connectivity index (χ3n) is 7.54. The maximum Gasteiger partial charge on any atom is 0.194 e. The summed E-state index contributed by atoms with van der Waals surface area (Å²) in [6, 6.07) is 14.4. The molecule has 1 saturated carbocycles. The SMILES string of the molecule is CCCCCC1CCCCC1C(C)c1ccc2c(C#Cc3cc(F)c(F)c(F)c3)cccc2c1. The topological polar surface area (TPSA) is 0 Å². The highest BCUT2D eigenvalue weighted by atomic mass is 19.2. The minimum atomic E-state index is -1.47. The predicted octanol–water partition coefficient (Wildman–Crippen LogP) is 9.15. The average molecular weight is 463 g/mol. The molecule has 3 aromatic rings. The molecule has 0 amide bonds. The van der Waals surface area contributed by atoms with Crippen molar-refractivity contribution in [2.45, 2.75) is 71.1 Å². The summed E-state index contributed by atoms with van der Waals surface area (Å²) in [7, 11) is 0. The number of benzene rings is 3. The van der Waals surface area contributed by atoms with Crippen molar-refractivity contribution in [1.82, 2.24) is 0 Å². The lowest BCUT2D eigenvalue weighted by atomic mass is 9.69. The largest absolute Gasteiger partial charge is 0.204 e. The van der Waals surface area contributed by atoms with Crippen LogP contribution in [0.25, 0.3) is 10.8 Å². The van der Waals surface area contributed by atoms with E-state index in [1.54, 1.807) is 0 Å². The lowest BCUT2D eigenvalue weighted by Gasteiger charge is -2.36. The van der Waals surface area contributed by atoms with E-state index in [4.69, 9.17) is 0 Å². The summed E-state index contributed by atoms with van der Waals surface area (Å²) in [5, 5.41) is 2.13. The van der Waals surface area contributed by atoms with E-state index in [-0.39, 0.29) is 5.56 Å². The number of unbranched alkanes of at least 4 members (excludes halogenated alkanes) is 2. The lowest BCUT2D eigenvalue weighted by Crippen LogP contribution is -2.24. The summed E-state index contributed by atoms with van der Waals surface area (Å²) in [5.41, 5.74) is 2.27. The van der Waals surface area contributed by atoms with Crippen LogP contribution in [0.3, 0.4) is 0 Å². The Kier molecular flexibility index (Phi) is 7.99. The maximum absolute atomic E-state index is 13.5. The monoisotopic (exact) mass is 462 g/mol. The third kappa shape index (κ3) is 5.49. The Morgan fingerprint density at radius 1 is 0.912 bits per heavy atom. The highest BCUT2D eigenvalue weighted by Crippen LogP contribution is 2.42. The second-order valence-electron chi connectivity index (χ2n) is 9.78. The molecule has 4 rings (SSSR count). The molecule has 178 valence electrons. The molecular weight excluding hydrogens is 429 g/mol. The fourth-order valence-electron chi connectivity index (χ4n) is 5.62. The number of fused-ring (bicyclic) bond motifs is 1. The van der Waals surface area contributed by atoms with Crippen LogP contribution in [0.2, 0.25) is 0 Å². The van der Waals surface area contributed by atoms with Crippen LogP contribution in [-0.4, -0.2) is 0 Å². The summed E-state index contributed by atoms with van der Waals surface area (Å²) in [5.74, 6) is 3.94. The van der Waals surface area contributed by atoms with E-state index in [1.807, 2.05) is 12.1 Å². The second-order valence-corrected chi connectivity index (χ2v) is 9.78. The van der Waals surface area contributed by atoms with Gasteiger partial charge in [0.25, 0.3) is 0 Å². The molecule has 0 heterocycles. The van der Waals surface area contributed by atoms with Crippen molar-refractivity contribution in [2.75, 3.05) is 0 Å². The highest BCUT2D eigenvalue weighted by Gasteiger charge is 2.30. The van der Waals surface area contributed by atoms with E-state index in [1.165, 1.54) is 56.9 Å². The van der Waals surface area contributed by atoms with Crippen molar-refractivity contribution in [2.24, 2.45) is 11.8 Å². The first-order chi connectivity index (χ1) is 16.5. The zero-order chi connectivity index (χ0) is 24.1. The Morgan fingerprint density at radius 3 is 2.44 bits per heavy atom. The van der Waals surface area contributed by atoms with Crippen molar-refractivity contribution < 1.29 is 13.2 Å². The molecule has 0 N–H and O–H groups in total. The Labute approximate surface area is 201 Å². The summed E-state index contributed by atoms with van der Waals surface area (Å²) in [6.45, 7) is 4.65. The molecule has 0 aromatic heterocycles. The van der Waals surface area contributed by atoms with E-state index in [2.05, 4.69) is 50.0 Å². The van der Waals surface area contributed by atoms with E-state index in [0.717, 1.165) is 40.3 Å². The van der Waals surface area contributed by atoms with Crippen LogP contribution in [-0.2, 0) is 0 Å². The molecule has 0 aliphatic heterocycles. The predicted molar refractivity (Wildman–Crippen MR) is 134 cm³/mol. The first kappa shape index (κ1) is 24.4. The standard InChI is InChI=1S/C31H33F3/c1-3-4-5-9-23-10-6-7-13-27(23)21(2)25-16-17-28-24(11-8-12-26(28)20-25)15-14-22-18-29(32)31(34)30(33)19-22/h8,11-12,16-21,23,27H,3-7,9-10,13H2,1-2H3. The van der Waals surface area contributed by atoms with Gasteiger partial charge in [-0.2, -0.15) is 0 Å². The molecule has 1 aliphatic rings. The normalized spacial score (nSPS) is 19.0. The van der Waals surface area contributed by atoms with Gasteiger partial charge in [0.15, 0.2) is 17.5 Å². The molecule has 0 radical (unpaired) electrons. The summed E-state index contributed by atoms with van der Waals surface area (Å²) >= 11 is 0. The number of halogens is 3.